The van der Waals surface area contributed by atoms with Gasteiger partial charge in [0.2, 0.25) is 0 Å². The van der Waals surface area contributed by atoms with Crippen LogP contribution in [0.1, 0.15) is 44.6 Å². The lowest BCUT2D eigenvalue weighted by Crippen LogP contribution is -2.54. The maximum atomic E-state index is 12.8. The van der Waals surface area contributed by atoms with Crippen molar-refractivity contribution in [1.82, 2.24) is 5.32 Å². The fourth-order valence-corrected chi connectivity index (χ4v) is 4.02. The van der Waals surface area contributed by atoms with Gasteiger partial charge in [0.25, 0.3) is 0 Å². The van der Waals surface area contributed by atoms with Crippen molar-refractivity contribution < 1.29 is 19.0 Å². The Labute approximate surface area is 142 Å². The number of hydrogen-bond donors (Lipinski definition) is 1. The second kappa shape index (κ2) is 5.81. The molecule has 3 atom stereocenters. The molecule has 0 aromatic heterocycles. The summed E-state index contributed by atoms with van der Waals surface area (Å²) >= 11 is 0. The quantitative estimate of drug-likeness (QED) is 0.864. The minimum atomic E-state index is -0.485. The maximum absolute atomic E-state index is 12.8. The molecule has 0 radical (unpaired) electrons. The summed E-state index contributed by atoms with van der Waals surface area (Å²) in [5, 5.41) is 3.35. The van der Waals surface area contributed by atoms with Gasteiger partial charge in [0.15, 0.2) is 5.72 Å². The van der Waals surface area contributed by atoms with E-state index in [9.17, 15) is 4.79 Å². The van der Waals surface area contributed by atoms with Crippen molar-refractivity contribution in [2.24, 2.45) is 0 Å². The number of rotatable bonds is 3. The first kappa shape index (κ1) is 15.5. The fraction of sp³-hybridized carbons (Fsp3) is 0.526. The van der Waals surface area contributed by atoms with Gasteiger partial charge in [-0.3, -0.25) is 0 Å². The maximum Gasteiger partial charge on any atom is 0.336 e. The highest BCUT2D eigenvalue weighted by molar-refractivity contribution is 5.91. The van der Waals surface area contributed by atoms with Gasteiger partial charge in [-0.15, -0.1) is 0 Å². The van der Waals surface area contributed by atoms with E-state index in [-0.39, 0.29) is 18.0 Å². The Morgan fingerprint density at radius 1 is 1.42 bits per heavy atom. The average Bonchev–Trinajstić information content (AvgIpc) is 3.05. The van der Waals surface area contributed by atoms with Gasteiger partial charge in [0.1, 0.15) is 12.4 Å². The lowest BCUT2D eigenvalue weighted by atomic mass is 9.78. The molecule has 5 nitrogen and oxygen atoms in total. The molecule has 128 valence electrons. The molecule has 0 aliphatic carbocycles. The molecule has 0 saturated carbocycles. The Bertz CT molecular complexity index is 692. The average molecular weight is 329 g/mol. The number of hydrogen-bond acceptors (Lipinski definition) is 5. The second-order valence-electron chi connectivity index (χ2n) is 7.02. The van der Waals surface area contributed by atoms with E-state index in [0.717, 1.165) is 36.5 Å². The molecular formula is C19H23NO4. The second-order valence-corrected chi connectivity index (χ2v) is 7.02. The predicted octanol–water partition coefficient (Wildman–Crippen LogP) is 2.87. The van der Waals surface area contributed by atoms with Crippen molar-refractivity contribution in [3.63, 3.8) is 0 Å². The van der Waals surface area contributed by atoms with Crippen molar-refractivity contribution in [3.8, 4) is 5.75 Å². The Kier molecular flexibility index (Phi) is 3.76. The number of ether oxygens (including phenoxy) is 3. The Balaban J connectivity index is 1.60. The SMILES string of the molecule is CC1=C(C(=O)OCC2CCCO2)[C@@H]2C[C@](C)(N1)Oc1ccccc12. The van der Waals surface area contributed by atoms with Gasteiger partial charge in [-0.05, 0) is 32.8 Å². The standard InChI is InChI=1S/C19H23NO4/c1-12-17(18(21)23-11-13-6-5-9-22-13)15-10-19(2,20-12)24-16-8-4-3-7-14(15)16/h3-4,7-8,13,15,20H,5-6,9-11H2,1-2H3/t13?,15-,19-/m1/s1. The zero-order valence-corrected chi connectivity index (χ0v) is 14.1. The van der Waals surface area contributed by atoms with Gasteiger partial charge >= 0.3 is 5.97 Å². The fourth-order valence-electron chi connectivity index (χ4n) is 4.02. The number of nitrogens with one attached hydrogen (secondary N) is 1. The van der Waals surface area contributed by atoms with Gasteiger partial charge in [-0.25, -0.2) is 4.79 Å². The van der Waals surface area contributed by atoms with Crippen LogP contribution < -0.4 is 10.1 Å². The third-order valence-electron chi connectivity index (χ3n) is 5.07. The number of fused-ring (bicyclic) bond motifs is 4. The number of benzene rings is 1. The molecule has 1 unspecified atom stereocenters. The summed E-state index contributed by atoms with van der Waals surface area (Å²) in [6, 6.07) is 7.93. The van der Waals surface area contributed by atoms with E-state index in [1.165, 1.54) is 0 Å². The van der Waals surface area contributed by atoms with Crippen LogP contribution in [0.2, 0.25) is 0 Å². The molecule has 24 heavy (non-hydrogen) atoms. The summed E-state index contributed by atoms with van der Waals surface area (Å²) in [6.45, 7) is 5.03. The monoisotopic (exact) mass is 329 g/mol. The van der Waals surface area contributed by atoms with Crippen molar-refractivity contribution >= 4 is 5.97 Å². The normalized spacial score (nSPS) is 31.1. The smallest absolute Gasteiger partial charge is 0.336 e. The minimum Gasteiger partial charge on any atom is -0.468 e. The van der Waals surface area contributed by atoms with Crippen LogP contribution in [-0.4, -0.2) is 31.0 Å². The van der Waals surface area contributed by atoms with Crippen molar-refractivity contribution in [2.75, 3.05) is 13.2 Å². The minimum absolute atomic E-state index is 0.00167. The molecule has 5 heteroatoms. The third-order valence-corrected chi connectivity index (χ3v) is 5.07. The molecule has 1 fully saturated rings. The molecule has 3 heterocycles. The van der Waals surface area contributed by atoms with Crippen LogP contribution in [0, 0.1) is 0 Å². The van der Waals surface area contributed by atoms with Gasteiger partial charge in [0.05, 0.1) is 11.7 Å². The molecule has 0 spiro atoms. The number of carbonyl (C=O) groups excluding carboxylic acids is 1. The topological polar surface area (TPSA) is 56.8 Å². The number of allylic oxidation sites excluding steroid dienone is 1. The van der Waals surface area contributed by atoms with E-state index in [2.05, 4.69) is 5.32 Å². The van der Waals surface area contributed by atoms with Crippen molar-refractivity contribution in [3.05, 3.63) is 41.1 Å². The molecular weight excluding hydrogens is 306 g/mol. The van der Waals surface area contributed by atoms with Crippen LogP contribution in [0.25, 0.3) is 0 Å². The van der Waals surface area contributed by atoms with Gasteiger partial charge < -0.3 is 19.5 Å². The number of para-hydroxylation sites is 1. The van der Waals surface area contributed by atoms with Crippen molar-refractivity contribution in [1.29, 1.82) is 0 Å². The van der Waals surface area contributed by atoms with Crippen LogP contribution in [0.5, 0.6) is 5.75 Å². The van der Waals surface area contributed by atoms with Gasteiger partial charge in [-0.2, -0.15) is 0 Å². The molecule has 1 saturated heterocycles. The highest BCUT2D eigenvalue weighted by Gasteiger charge is 2.45. The summed E-state index contributed by atoms with van der Waals surface area (Å²) in [5.41, 5.74) is 2.11. The number of carbonyl (C=O) groups is 1. The predicted molar refractivity (Wildman–Crippen MR) is 88.6 cm³/mol. The van der Waals surface area contributed by atoms with E-state index in [4.69, 9.17) is 14.2 Å². The molecule has 3 aliphatic heterocycles. The first-order valence-electron chi connectivity index (χ1n) is 8.61. The molecule has 4 rings (SSSR count). The lowest BCUT2D eigenvalue weighted by molar-refractivity contribution is -0.143. The summed E-state index contributed by atoms with van der Waals surface area (Å²) in [4.78, 5) is 12.8. The molecule has 3 aliphatic rings. The Hall–Kier alpha value is -2.01. The van der Waals surface area contributed by atoms with Crippen LogP contribution in [0.4, 0.5) is 0 Å². The van der Waals surface area contributed by atoms with Crippen LogP contribution >= 0.6 is 0 Å². The summed E-state index contributed by atoms with van der Waals surface area (Å²) < 4.78 is 17.2. The third kappa shape index (κ3) is 2.67. The van der Waals surface area contributed by atoms with E-state index in [0.29, 0.717) is 18.6 Å². The van der Waals surface area contributed by atoms with E-state index in [1.807, 2.05) is 38.1 Å². The van der Waals surface area contributed by atoms with E-state index < -0.39 is 5.72 Å². The van der Waals surface area contributed by atoms with Crippen molar-refractivity contribution in [2.45, 2.75) is 50.9 Å². The molecule has 2 bridgehead atoms. The first-order chi connectivity index (χ1) is 11.6. The largest absolute Gasteiger partial charge is 0.468 e. The van der Waals surface area contributed by atoms with Crippen LogP contribution in [-0.2, 0) is 14.3 Å². The lowest BCUT2D eigenvalue weighted by Gasteiger charge is -2.45. The molecule has 0 amide bonds. The van der Waals surface area contributed by atoms with Crippen LogP contribution in [0.3, 0.4) is 0 Å². The molecule has 1 aromatic carbocycles. The summed E-state index contributed by atoms with van der Waals surface area (Å²) in [5.74, 6) is 0.582. The summed E-state index contributed by atoms with van der Waals surface area (Å²) in [6.07, 6.45) is 2.75. The Morgan fingerprint density at radius 3 is 3.04 bits per heavy atom. The molecule has 1 N–H and O–H groups in total. The zero-order valence-electron chi connectivity index (χ0n) is 14.1. The molecule has 1 aromatic rings. The highest BCUT2D eigenvalue weighted by Crippen LogP contribution is 2.47. The Morgan fingerprint density at radius 2 is 2.25 bits per heavy atom. The van der Waals surface area contributed by atoms with E-state index >= 15 is 0 Å². The highest BCUT2D eigenvalue weighted by atomic mass is 16.6. The van der Waals surface area contributed by atoms with Gasteiger partial charge in [0, 0.05) is 30.2 Å². The van der Waals surface area contributed by atoms with Crippen LogP contribution in [0.15, 0.2) is 35.5 Å². The number of esters is 1. The van der Waals surface area contributed by atoms with Gasteiger partial charge in [-0.1, -0.05) is 18.2 Å². The van der Waals surface area contributed by atoms with E-state index in [1.54, 1.807) is 0 Å². The zero-order chi connectivity index (χ0) is 16.7. The first-order valence-corrected chi connectivity index (χ1v) is 8.61. The summed E-state index contributed by atoms with van der Waals surface area (Å²) in [7, 11) is 0.